The van der Waals surface area contributed by atoms with Gasteiger partial charge in [0.2, 0.25) is 0 Å². The molecule has 0 aliphatic heterocycles. The van der Waals surface area contributed by atoms with Crippen molar-refractivity contribution in [3.63, 3.8) is 0 Å². The maximum atomic E-state index is 11.8. The lowest BCUT2D eigenvalue weighted by Crippen LogP contribution is -2.18. The van der Waals surface area contributed by atoms with Crippen molar-refractivity contribution in [2.24, 2.45) is 0 Å². The molecule has 0 unspecified atom stereocenters. The lowest BCUT2D eigenvalue weighted by Gasteiger charge is -2.12. The fourth-order valence-electron chi connectivity index (χ4n) is 0.898. The Bertz CT molecular complexity index is 351. The Balaban J connectivity index is 3.06. The Morgan fingerprint density at radius 2 is 1.93 bits per heavy atom. The molecule has 0 fully saturated rings. The van der Waals surface area contributed by atoms with E-state index in [4.69, 9.17) is 17.3 Å². The molecule has 0 spiro atoms. The van der Waals surface area contributed by atoms with Crippen LogP contribution in [-0.4, -0.2) is 6.36 Å². The first-order valence-corrected chi connectivity index (χ1v) is 3.99. The van der Waals surface area contributed by atoms with Gasteiger partial charge in [-0.15, -0.1) is 13.2 Å². The average Bonchev–Trinajstić information content (AvgIpc) is 2.04. The van der Waals surface area contributed by atoms with Crippen molar-refractivity contribution >= 4 is 17.3 Å². The molecular weight excluding hydrogens is 219 g/mol. The Morgan fingerprint density at radius 3 is 2.43 bits per heavy atom. The van der Waals surface area contributed by atoms with Crippen LogP contribution in [-0.2, 0) is 0 Å². The molecule has 1 aromatic rings. The fraction of sp³-hybridized carbons (Fsp3) is 0.250. The zero-order chi connectivity index (χ0) is 10.9. The molecule has 0 amide bonds. The standard InChI is InChI=1S/C8H7ClF3NO/c1-4-2-3-5(7(13)6(4)9)14-8(10,11)12/h2-3H,13H2,1H3. The van der Waals surface area contributed by atoms with Crippen molar-refractivity contribution < 1.29 is 17.9 Å². The normalized spacial score (nSPS) is 11.5. The molecule has 0 radical (unpaired) electrons. The van der Waals surface area contributed by atoms with E-state index in [0.29, 0.717) is 5.56 Å². The summed E-state index contributed by atoms with van der Waals surface area (Å²) in [7, 11) is 0. The molecule has 78 valence electrons. The van der Waals surface area contributed by atoms with Crippen molar-refractivity contribution in [1.29, 1.82) is 0 Å². The first-order chi connectivity index (χ1) is 6.31. The minimum Gasteiger partial charge on any atom is -0.404 e. The van der Waals surface area contributed by atoms with E-state index in [-0.39, 0.29) is 10.7 Å². The topological polar surface area (TPSA) is 35.2 Å². The highest BCUT2D eigenvalue weighted by molar-refractivity contribution is 6.34. The van der Waals surface area contributed by atoms with Gasteiger partial charge in [0.05, 0.1) is 10.7 Å². The van der Waals surface area contributed by atoms with Crippen molar-refractivity contribution in [3.05, 3.63) is 22.7 Å². The van der Waals surface area contributed by atoms with Crippen LogP contribution in [0.3, 0.4) is 0 Å². The number of hydrogen-bond acceptors (Lipinski definition) is 2. The van der Waals surface area contributed by atoms with Crippen LogP contribution in [0.5, 0.6) is 5.75 Å². The number of halogens is 4. The van der Waals surface area contributed by atoms with E-state index < -0.39 is 12.1 Å². The van der Waals surface area contributed by atoms with E-state index in [2.05, 4.69) is 4.74 Å². The highest BCUT2D eigenvalue weighted by Gasteiger charge is 2.32. The van der Waals surface area contributed by atoms with E-state index in [1.54, 1.807) is 6.92 Å². The van der Waals surface area contributed by atoms with Crippen LogP contribution in [0.15, 0.2) is 12.1 Å². The SMILES string of the molecule is Cc1ccc(OC(F)(F)F)c(N)c1Cl. The van der Waals surface area contributed by atoms with Gasteiger partial charge in [0.25, 0.3) is 0 Å². The van der Waals surface area contributed by atoms with Crippen LogP contribution >= 0.6 is 11.6 Å². The molecule has 2 N–H and O–H groups in total. The lowest BCUT2D eigenvalue weighted by molar-refractivity contribution is -0.274. The zero-order valence-electron chi connectivity index (χ0n) is 7.15. The third-order valence-electron chi connectivity index (χ3n) is 1.56. The molecule has 0 bridgehead atoms. The number of benzene rings is 1. The molecule has 0 heterocycles. The van der Waals surface area contributed by atoms with Gasteiger partial charge in [0, 0.05) is 0 Å². The second-order valence-electron chi connectivity index (χ2n) is 2.66. The number of rotatable bonds is 1. The molecule has 0 atom stereocenters. The second-order valence-corrected chi connectivity index (χ2v) is 3.03. The summed E-state index contributed by atoms with van der Waals surface area (Å²) < 4.78 is 39.2. The monoisotopic (exact) mass is 225 g/mol. The van der Waals surface area contributed by atoms with Crippen molar-refractivity contribution in [2.45, 2.75) is 13.3 Å². The number of anilines is 1. The van der Waals surface area contributed by atoms with E-state index >= 15 is 0 Å². The van der Waals surface area contributed by atoms with Gasteiger partial charge in [-0.25, -0.2) is 0 Å². The van der Waals surface area contributed by atoms with Crippen LogP contribution in [0.25, 0.3) is 0 Å². The Kier molecular flexibility index (Phi) is 2.80. The molecule has 0 aliphatic rings. The predicted octanol–water partition coefficient (Wildman–Crippen LogP) is 3.13. The third-order valence-corrected chi connectivity index (χ3v) is 2.06. The molecule has 14 heavy (non-hydrogen) atoms. The summed E-state index contributed by atoms with van der Waals surface area (Å²) in [4.78, 5) is 0. The number of nitrogens with two attached hydrogens (primary N) is 1. The van der Waals surface area contributed by atoms with Gasteiger partial charge in [-0.3, -0.25) is 0 Å². The van der Waals surface area contributed by atoms with Gasteiger partial charge in [0.1, 0.15) is 0 Å². The summed E-state index contributed by atoms with van der Waals surface area (Å²) in [6, 6.07) is 2.53. The first-order valence-electron chi connectivity index (χ1n) is 3.61. The van der Waals surface area contributed by atoms with Crippen LogP contribution in [0.2, 0.25) is 5.02 Å². The van der Waals surface area contributed by atoms with Gasteiger partial charge in [0.15, 0.2) is 5.75 Å². The van der Waals surface area contributed by atoms with Crippen LogP contribution < -0.4 is 10.5 Å². The van der Waals surface area contributed by atoms with E-state index in [0.717, 1.165) is 6.07 Å². The van der Waals surface area contributed by atoms with Crippen molar-refractivity contribution in [1.82, 2.24) is 0 Å². The number of alkyl halides is 3. The van der Waals surface area contributed by atoms with E-state index in [9.17, 15) is 13.2 Å². The molecule has 2 nitrogen and oxygen atoms in total. The maximum Gasteiger partial charge on any atom is 0.573 e. The summed E-state index contributed by atoms with van der Waals surface area (Å²) in [6.07, 6.45) is -4.76. The van der Waals surface area contributed by atoms with Gasteiger partial charge in [-0.05, 0) is 18.6 Å². The largest absolute Gasteiger partial charge is 0.573 e. The minimum atomic E-state index is -4.76. The summed E-state index contributed by atoms with van der Waals surface area (Å²) in [5.41, 5.74) is 5.73. The van der Waals surface area contributed by atoms with Crippen molar-refractivity contribution in [3.8, 4) is 5.75 Å². The molecule has 0 aromatic heterocycles. The van der Waals surface area contributed by atoms with Crippen molar-refractivity contribution in [2.75, 3.05) is 5.73 Å². The molecule has 1 rings (SSSR count). The zero-order valence-corrected chi connectivity index (χ0v) is 7.91. The van der Waals surface area contributed by atoms with Crippen LogP contribution in [0, 0.1) is 6.92 Å². The minimum absolute atomic E-state index is 0.0757. The van der Waals surface area contributed by atoms with Crippen LogP contribution in [0.4, 0.5) is 18.9 Å². The number of hydrogen-bond donors (Lipinski definition) is 1. The first kappa shape index (κ1) is 11.0. The molecule has 0 saturated heterocycles. The Hall–Kier alpha value is -1.10. The van der Waals surface area contributed by atoms with E-state index in [1.807, 2.05) is 0 Å². The van der Waals surface area contributed by atoms with Gasteiger partial charge < -0.3 is 10.5 Å². The maximum absolute atomic E-state index is 11.8. The second kappa shape index (κ2) is 3.57. The number of nitrogen functional groups attached to an aromatic ring is 1. The molecule has 0 saturated carbocycles. The number of ether oxygens (including phenoxy) is 1. The van der Waals surface area contributed by atoms with Crippen LogP contribution in [0.1, 0.15) is 5.56 Å². The highest BCUT2D eigenvalue weighted by Crippen LogP contribution is 2.35. The van der Waals surface area contributed by atoms with Gasteiger partial charge >= 0.3 is 6.36 Å². The van der Waals surface area contributed by atoms with E-state index in [1.165, 1.54) is 6.07 Å². The van der Waals surface area contributed by atoms with Gasteiger partial charge in [-0.2, -0.15) is 0 Å². The fourth-order valence-corrected chi connectivity index (χ4v) is 1.05. The summed E-state index contributed by atoms with van der Waals surface area (Å²) in [5, 5.41) is 0.0757. The molecular formula is C8H7ClF3NO. The van der Waals surface area contributed by atoms with Gasteiger partial charge in [-0.1, -0.05) is 17.7 Å². The lowest BCUT2D eigenvalue weighted by atomic mass is 10.2. The Morgan fingerprint density at radius 1 is 1.36 bits per heavy atom. The average molecular weight is 226 g/mol. The molecule has 0 aliphatic carbocycles. The Labute approximate surface area is 83.4 Å². The summed E-state index contributed by atoms with van der Waals surface area (Å²) in [6.45, 7) is 1.63. The third kappa shape index (κ3) is 2.45. The molecule has 6 heteroatoms. The quantitative estimate of drug-likeness (QED) is 0.746. The molecule has 1 aromatic carbocycles. The number of aryl methyl sites for hydroxylation is 1. The summed E-state index contributed by atoms with van der Waals surface area (Å²) >= 11 is 5.64. The smallest absolute Gasteiger partial charge is 0.404 e. The summed E-state index contributed by atoms with van der Waals surface area (Å²) in [5.74, 6) is -0.479. The highest BCUT2D eigenvalue weighted by atomic mass is 35.5. The predicted molar refractivity (Wildman–Crippen MR) is 47.3 cm³/mol.